The fourth-order valence-corrected chi connectivity index (χ4v) is 2.07. The maximum atomic E-state index is 12.1. The molecular formula is C16H17N5O3. The van der Waals surface area contributed by atoms with E-state index in [1.165, 1.54) is 4.68 Å². The van der Waals surface area contributed by atoms with Gasteiger partial charge in [0.25, 0.3) is 5.91 Å². The Labute approximate surface area is 138 Å². The molecule has 0 saturated carbocycles. The predicted octanol–water partition coefficient (Wildman–Crippen LogP) is 1.62. The average Bonchev–Trinajstić information content (AvgIpc) is 3.19. The first kappa shape index (κ1) is 15.7. The molecule has 0 aliphatic rings. The number of hydrogen-bond acceptors (Lipinski definition) is 6. The van der Waals surface area contributed by atoms with Crippen LogP contribution in [0.1, 0.15) is 27.7 Å². The van der Waals surface area contributed by atoms with Crippen LogP contribution >= 0.6 is 0 Å². The summed E-state index contributed by atoms with van der Waals surface area (Å²) >= 11 is 0. The molecule has 24 heavy (non-hydrogen) atoms. The van der Waals surface area contributed by atoms with Crippen LogP contribution in [-0.2, 0) is 20.2 Å². The zero-order valence-corrected chi connectivity index (χ0v) is 13.4. The zero-order chi connectivity index (χ0) is 16.9. The molecule has 0 aliphatic heterocycles. The van der Waals surface area contributed by atoms with Crippen LogP contribution in [-0.4, -0.2) is 26.1 Å². The van der Waals surface area contributed by atoms with E-state index in [1.807, 2.05) is 19.1 Å². The SMILES string of the molecule is Cc1ccc(CNC(=O)c2ccc(OCc3nnnn3C)cc2)o1. The highest BCUT2D eigenvalue weighted by atomic mass is 16.5. The Morgan fingerprint density at radius 3 is 2.67 bits per heavy atom. The molecule has 8 nitrogen and oxygen atoms in total. The van der Waals surface area contributed by atoms with E-state index < -0.39 is 0 Å². The van der Waals surface area contributed by atoms with E-state index in [4.69, 9.17) is 9.15 Å². The van der Waals surface area contributed by atoms with E-state index in [0.717, 1.165) is 11.5 Å². The molecule has 2 aromatic heterocycles. The molecule has 1 amide bonds. The molecule has 2 heterocycles. The van der Waals surface area contributed by atoms with Gasteiger partial charge in [-0.1, -0.05) is 0 Å². The van der Waals surface area contributed by atoms with Crippen LogP contribution in [0.2, 0.25) is 0 Å². The van der Waals surface area contributed by atoms with Crippen LogP contribution in [0.4, 0.5) is 0 Å². The third-order valence-corrected chi connectivity index (χ3v) is 3.41. The standard InChI is InChI=1S/C16H17N5O3/c1-11-3-6-14(24-11)9-17-16(22)12-4-7-13(8-5-12)23-10-15-18-19-20-21(15)2/h3-8H,9-10H2,1-2H3,(H,17,22). The molecule has 0 bridgehead atoms. The highest BCUT2D eigenvalue weighted by molar-refractivity contribution is 5.94. The maximum absolute atomic E-state index is 12.1. The van der Waals surface area contributed by atoms with Crippen LogP contribution in [0.5, 0.6) is 5.75 Å². The van der Waals surface area contributed by atoms with E-state index in [9.17, 15) is 4.79 Å². The van der Waals surface area contributed by atoms with Crippen molar-refractivity contribution in [3.8, 4) is 5.75 Å². The average molecular weight is 327 g/mol. The Kier molecular flexibility index (Phi) is 4.55. The first-order chi connectivity index (χ1) is 11.6. The van der Waals surface area contributed by atoms with Gasteiger partial charge in [-0.05, 0) is 53.7 Å². The summed E-state index contributed by atoms with van der Waals surface area (Å²) in [5.41, 5.74) is 0.547. The Bertz CT molecular complexity index is 822. The molecule has 124 valence electrons. The Balaban J connectivity index is 1.53. The minimum absolute atomic E-state index is 0.173. The number of benzene rings is 1. The summed E-state index contributed by atoms with van der Waals surface area (Å²) in [6, 6.07) is 10.6. The van der Waals surface area contributed by atoms with Crippen LogP contribution in [0.15, 0.2) is 40.8 Å². The topological polar surface area (TPSA) is 95.1 Å². The Morgan fingerprint density at radius 1 is 1.25 bits per heavy atom. The summed E-state index contributed by atoms with van der Waals surface area (Å²) in [6.07, 6.45) is 0. The van der Waals surface area contributed by atoms with Gasteiger partial charge in [0.1, 0.15) is 23.9 Å². The number of nitrogens with one attached hydrogen (secondary N) is 1. The number of furan rings is 1. The lowest BCUT2D eigenvalue weighted by atomic mass is 10.2. The number of tetrazole rings is 1. The summed E-state index contributed by atoms with van der Waals surface area (Å²) in [6.45, 7) is 2.47. The van der Waals surface area contributed by atoms with Crippen molar-refractivity contribution < 1.29 is 13.9 Å². The number of hydrogen-bond donors (Lipinski definition) is 1. The zero-order valence-electron chi connectivity index (χ0n) is 13.4. The quantitative estimate of drug-likeness (QED) is 0.739. The van der Waals surface area contributed by atoms with E-state index in [1.54, 1.807) is 31.3 Å². The van der Waals surface area contributed by atoms with Gasteiger partial charge in [-0.2, -0.15) is 0 Å². The fraction of sp³-hybridized carbons (Fsp3) is 0.250. The highest BCUT2D eigenvalue weighted by Gasteiger charge is 2.08. The van der Waals surface area contributed by atoms with E-state index in [-0.39, 0.29) is 12.5 Å². The van der Waals surface area contributed by atoms with Gasteiger partial charge < -0.3 is 14.5 Å². The Hall–Kier alpha value is -3.16. The molecule has 0 unspecified atom stereocenters. The van der Waals surface area contributed by atoms with Crippen molar-refractivity contribution in [2.45, 2.75) is 20.1 Å². The number of nitrogens with zero attached hydrogens (tertiary/aromatic N) is 4. The van der Waals surface area contributed by atoms with Crippen molar-refractivity contribution in [1.82, 2.24) is 25.5 Å². The van der Waals surface area contributed by atoms with Crippen LogP contribution < -0.4 is 10.1 Å². The largest absolute Gasteiger partial charge is 0.486 e. The molecule has 1 aromatic carbocycles. The van der Waals surface area contributed by atoms with Crippen molar-refractivity contribution >= 4 is 5.91 Å². The highest BCUT2D eigenvalue weighted by Crippen LogP contribution is 2.14. The van der Waals surface area contributed by atoms with Gasteiger partial charge in [0.05, 0.1) is 6.54 Å². The van der Waals surface area contributed by atoms with Gasteiger partial charge in [-0.15, -0.1) is 5.10 Å². The first-order valence-electron chi connectivity index (χ1n) is 7.39. The second kappa shape index (κ2) is 6.95. The third-order valence-electron chi connectivity index (χ3n) is 3.41. The van der Waals surface area contributed by atoms with Gasteiger partial charge in [0.2, 0.25) is 0 Å². The smallest absolute Gasteiger partial charge is 0.251 e. The summed E-state index contributed by atoms with van der Waals surface area (Å²) in [5.74, 6) is 2.62. The van der Waals surface area contributed by atoms with E-state index >= 15 is 0 Å². The molecule has 0 fully saturated rings. The molecule has 0 spiro atoms. The number of rotatable bonds is 6. The van der Waals surface area contributed by atoms with E-state index in [0.29, 0.717) is 23.7 Å². The fourth-order valence-electron chi connectivity index (χ4n) is 2.07. The molecule has 3 rings (SSSR count). The lowest BCUT2D eigenvalue weighted by Gasteiger charge is -2.07. The minimum Gasteiger partial charge on any atom is -0.486 e. The molecule has 3 aromatic rings. The first-order valence-corrected chi connectivity index (χ1v) is 7.39. The van der Waals surface area contributed by atoms with Crippen molar-refractivity contribution in [2.75, 3.05) is 0 Å². The molecule has 0 aliphatic carbocycles. The van der Waals surface area contributed by atoms with Crippen molar-refractivity contribution in [3.05, 3.63) is 59.3 Å². The van der Waals surface area contributed by atoms with Crippen LogP contribution in [0.25, 0.3) is 0 Å². The van der Waals surface area contributed by atoms with Gasteiger partial charge in [-0.25, -0.2) is 4.68 Å². The van der Waals surface area contributed by atoms with Gasteiger partial charge in [-0.3, -0.25) is 4.79 Å². The molecule has 1 N–H and O–H groups in total. The van der Waals surface area contributed by atoms with Gasteiger partial charge >= 0.3 is 0 Å². The molecule has 0 radical (unpaired) electrons. The number of carbonyl (C=O) groups is 1. The summed E-state index contributed by atoms with van der Waals surface area (Å²) in [4.78, 5) is 12.1. The number of carbonyl (C=O) groups excluding carboxylic acids is 1. The van der Waals surface area contributed by atoms with Crippen LogP contribution in [0.3, 0.4) is 0 Å². The number of amides is 1. The third kappa shape index (κ3) is 3.78. The lowest BCUT2D eigenvalue weighted by Crippen LogP contribution is -2.22. The van der Waals surface area contributed by atoms with E-state index in [2.05, 4.69) is 20.8 Å². The van der Waals surface area contributed by atoms with Crippen molar-refractivity contribution in [3.63, 3.8) is 0 Å². The summed E-state index contributed by atoms with van der Waals surface area (Å²) in [7, 11) is 1.74. The maximum Gasteiger partial charge on any atom is 0.251 e. The normalized spacial score (nSPS) is 10.6. The van der Waals surface area contributed by atoms with Gasteiger partial charge in [0, 0.05) is 12.6 Å². The molecule has 0 saturated heterocycles. The molecular weight excluding hydrogens is 310 g/mol. The summed E-state index contributed by atoms with van der Waals surface area (Å²) < 4.78 is 12.5. The van der Waals surface area contributed by atoms with Gasteiger partial charge in [0.15, 0.2) is 5.82 Å². The predicted molar refractivity (Wildman–Crippen MR) is 84.2 cm³/mol. The second-order valence-electron chi connectivity index (χ2n) is 5.23. The molecule has 0 atom stereocenters. The lowest BCUT2D eigenvalue weighted by molar-refractivity contribution is 0.0948. The van der Waals surface area contributed by atoms with Crippen molar-refractivity contribution in [2.24, 2.45) is 7.05 Å². The minimum atomic E-state index is -0.173. The number of ether oxygens (including phenoxy) is 1. The number of aromatic nitrogens is 4. The van der Waals surface area contributed by atoms with Crippen LogP contribution in [0, 0.1) is 6.92 Å². The van der Waals surface area contributed by atoms with Crippen molar-refractivity contribution in [1.29, 1.82) is 0 Å². The number of aryl methyl sites for hydroxylation is 2. The monoisotopic (exact) mass is 327 g/mol. The Morgan fingerprint density at radius 2 is 2.04 bits per heavy atom. The summed E-state index contributed by atoms with van der Waals surface area (Å²) in [5, 5.41) is 13.9. The molecule has 8 heteroatoms. The second-order valence-corrected chi connectivity index (χ2v) is 5.23.